The number of carbonyl (C=O) groups excluding carboxylic acids is 1. The SMILES string of the molecule is CC(C)n1cc(Nc2ncc(-c3ccc(CC(=O)Nc4cc(C5(C(F)(F)F)CC5)on4)c(F)c3)cn2)cn1. The first-order valence-electron chi connectivity index (χ1n) is 11.8. The highest BCUT2D eigenvalue weighted by Gasteiger charge is 2.66. The first-order chi connectivity index (χ1) is 18.0. The fourth-order valence-corrected chi connectivity index (χ4v) is 3.94. The summed E-state index contributed by atoms with van der Waals surface area (Å²) in [6.07, 6.45) is 1.59. The maximum atomic E-state index is 14.8. The van der Waals surface area contributed by atoms with Gasteiger partial charge in [-0.25, -0.2) is 14.4 Å². The van der Waals surface area contributed by atoms with Gasteiger partial charge < -0.3 is 15.2 Å². The van der Waals surface area contributed by atoms with E-state index in [4.69, 9.17) is 4.52 Å². The molecule has 1 aliphatic carbocycles. The van der Waals surface area contributed by atoms with Gasteiger partial charge in [-0.2, -0.15) is 18.3 Å². The molecule has 1 aromatic carbocycles. The van der Waals surface area contributed by atoms with E-state index < -0.39 is 23.3 Å². The lowest BCUT2D eigenvalue weighted by atomic mass is 10.0. The Bertz CT molecular complexity index is 1460. The molecule has 0 atom stereocenters. The zero-order valence-electron chi connectivity index (χ0n) is 20.4. The number of nitrogens with zero attached hydrogens (tertiary/aromatic N) is 5. The van der Waals surface area contributed by atoms with Crippen LogP contribution in [0.1, 0.15) is 44.1 Å². The van der Waals surface area contributed by atoms with Crippen LogP contribution in [0.4, 0.5) is 35.0 Å². The second kappa shape index (κ2) is 9.54. The summed E-state index contributed by atoms with van der Waals surface area (Å²) in [5.41, 5.74) is -0.134. The Morgan fingerprint density at radius 2 is 1.87 bits per heavy atom. The summed E-state index contributed by atoms with van der Waals surface area (Å²) in [6.45, 7) is 4.02. The van der Waals surface area contributed by atoms with Gasteiger partial charge in [-0.1, -0.05) is 17.3 Å². The molecule has 0 aliphatic heterocycles. The number of amides is 1. The monoisotopic (exact) mass is 529 g/mol. The number of rotatable bonds is 8. The Kier molecular flexibility index (Phi) is 6.37. The molecular weight excluding hydrogens is 506 g/mol. The minimum Gasteiger partial charge on any atom is -0.358 e. The molecule has 13 heteroatoms. The number of hydrogen-bond donors (Lipinski definition) is 2. The van der Waals surface area contributed by atoms with Crippen LogP contribution >= 0.6 is 0 Å². The lowest BCUT2D eigenvalue weighted by molar-refractivity contribution is -0.165. The summed E-state index contributed by atoms with van der Waals surface area (Å²) in [4.78, 5) is 20.9. The summed E-state index contributed by atoms with van der Waals surface area (Å²) < 4.78 is 61.1. The van der Waals surface area contributed by atoms with Gasteiger partial charge in [-0.15, -0.1) is 0 Å². The van der Waals surface area contributed by atoms with Crippen LogP contribution in [-0.4, -0.2) is 37.0 Å². The minimum absolute atomic E-state index is 0.0924. The van der Waals surface area contributed by atoms with Crippen molar-refractivity contribution in [3.8, 4) is 11.1 Å². The summed E-state index contributed by atoms with van der Waals surface area (Å²) in [7, 11) is 0. The topological polar surface area (TPSA) is 111 Å². The van der Waals surface area contributed by atoms with Crippen molar-refractivity contribution in [3.05, 3.63) is 66.2 Å². The lowest BCUT2D eigenvalue weighted by Gasteiger charge is -2.14. The van der Waals surface area contributed by atoms with E-state index in [1.807, 2.05) is 20.0 Å². The number of aromatic nitrogens is 5. The van der Waals surface area contributed by atoms with E-state index in [1.54, 1.807) is 29.3 Å². The van der Waals surface area contributed by atoms with E-state index in [0.717, 1.165) is 11.8 Å². The average molecular weight is 529 g/mol. The summed E-state index contributed by atoms with van der Waals surface area (Å²) in [5, 5.41) is 13.2. The molecule has 0 radical (unpaired) electrons. The van der Waals surface area contributed by atoms with Gasteiger partial charge in [0.2, 0.25) is 11.9 Å². The molecule has 1 fully saturated rings. The van der Waals surface area contributed by atoms with Crippen molar-refractivity contribution in [3.63, 3.8) is 0 Å². The first-order valence-corrected chi connectivity index (χ1v) is 11.8. The molecule has 0 spiro atoms. The third-order valence-electron chi connectivity index (χ3n) is 6.32. The second-order valence-electron chi connectivity index (χ2n) is 9.41. The quantitative estimate of drug-likeness (QED) is 0.287. The number of halogens is 4. The molecule has 5 rings (SSSR count). The molecule has 4 aromatic rings. The highest BCUT2D eigenvalue weighted by Crippen LogP contribution is 2.59. The van der Waals surface area contributed by atoms with Gasteiger partial charge in [0, 0.05) is 36.3 Å². The van der Waals surface area contributed by atoms with Crippen LogP contribution < -0.4 is 10.6 Å². The Balaban J connectivity index is 1.20. The summed E-state index contributed by atoms with van der Waals surface area (Å²) in [6, 6.07) is 5.61. The van der Waals surface area contributed by atoms with Crippen LogP contribution in [0.15, 0.2) is 53.6 Å². The van der Waals surface area contributed by atoms with Gasteiger partial charge in [0.25, 0.3) is 0 Å². The standard InChI is InChI=1S/C25H23F4N7O2/c1-14(2)36-13-18(12-32-36)33-23-30-10-17(11-31-23)15-3-4-16(19(26)7-15)8-22(37)34-21-9-20(38-35-21)24(5-6-24)25(27,28)29/h3-4,7,9-14H,5-6,8H2,1-2H3,(H,30,31,33)(H,34,35,37). The number of hydrogen-bond acceptors (Lipinski definition) is 7. The zero-order valence-corrected chi connectivity index (χ0v) is 20.4. The molecule has 198 valence electrons. The zero-order chi connectivity index (χ0) is 27.1. The van der Waals surface area contributed by atoms with E-state index in [9.17, 15) is 22.4 Å². The number of benzene rings is 1. The number of alkyl halides is 3. The van der Waals surface area contributed by atoms with Crippen LogP contribution in [-0.2, 0) is 16.6 Å². The maximum absolute atomic E-state index is 14.8. The van der Waals surface area contributed by atoms with E-state index in [1.165, 1.54) is 12.1 Å². The molecule has 3 aromatic heterocycles. The molecule has 3 heterocycles. The van der Waals surface area contributed by atoms with Crippen molar-refractivity contribution in [2.75, 3.05) is 10.6 Å². The van der Waals surface area contributed by atoms with Crippen molar-refractivity contribution in [2.24, 2.45) is 0 Å². The predicted octanol–water partition coefficient (Wildman–Crippen LogP) is 5.57. The molecule has 1 saturated carbocycles. The van der Waals surface area contributed by atoms with Crippen LogP contribution in [0.2, 0.25) is 0 Å². The molecule has 1 amide bonds. The van der Waals surface area contributed by atoms with Crippen LogP contribution in [0.3, 0.4) is 0 Å². The van der Waals surface area contributed by atoms with Gasteiger partial charge >= 0.3 is 6.18 Å². The second-order valence-corrected chi connectivity index (χ2v) is 9.41. The first kappa shape index (κ1) is 25.4. The van der Waals surface area contributed by atoms with Crippen LogP contribution in [0, 0.1) is 5.82 Å². The third-order valence-corrected chi connectivity index (χ3v) is 6.32. The Morgan fingerprint density at radius 1 is 1.13 bits per heavy atom. The van der Waals surface area contributed by atoms with E-state index >= 15 is 0 Å². The minimum atomic E-state index is -4.46. The lowest BCUT2D eigenvalue weighted by Crippen LogP contribution is -2.28. The maximum Gasteiger partial charge on any atom is 0.401 e. The van der Waals surface area contributed by atoms with Gasteiger partial charge in [0.1, 0.15) is 11.2 Å². The average Bonchev–Trinajstić information content (AvgIpc) is 3.34. The fourth-order valence-electron chi connectivity index (χ4n) is 3.94. The molecule has 1 aliphatic rings. The van der Waals surface area contributed by atoms with Crippen molar-refractivity contribution in [1.82, 2.24) is 24.9 Å². The van der Waals surface area contributed by atoms with Crippen molar-refractivity contribution in [1.29, 1.82) is 0 Å². The number of nitrogens with one attached hydrogen (secondary N) is 2. The van der Waals surface area contributed by atoms with Gasteiger partial charge in [0.15, 0.2) is 11.6 Å². The van der Waals surface area contributed by atoms with Crippen LogP contribution in [0.5, 0.6) is 0 Å². The third kappa shape index (κ3) is 5.08. The Hall–Kier alpha value is -4.29. The highest BCUT2D eigenvalue weighted by atomic mass is 19.4. The Labute approximate surface area is 214 Å². The van der Waals surface area contributed by atoms with Crippen LogP contribution in [0.25, 0.3) is 11.1 Å². The number of carbonyl (C=O) groups is 1. The summed E-state index contributed by atoms with van der Waals surface area (Å²) in [5.74, 6) is -1.42. The van der Waals surface area contributed by atoms with Crippen molar-refractivity contribution >= 4 is 23.4 Å². The van der Waals surface area contributed by atoms with E-state index in [2.05, 4.69) is 30.9 Å². The molecule has 0 bridgehead atoms. The molecule has 2 N–H and O–H groups in total. The smallest absolute Gasteiger partial charge is 0.358 e. The number of anilines is 3. The normalized spacial score (nSPS) is 14.5. The van der Waals surface area contributed by atoms with Crippen molar-refractivity contribution in [2.45, 2.75) is 50.7 Å². The van der Waals surface area contributed by atoms with Gasteiger partial charge in [0.05, 0.1) is 18.3 Å². The molecular formula is C25H23F4N7O2. The van der Waals surface area contributed by atoms with Gasteiger partial charge in [-0.05, 0) is 43.9 Å². The molecule has 38 heavy (non-hydrogen) atoms. The molecule has 0 saturated heterocycles. The molecule has 0 unspecified atom stereocenters. The summed E-state index contributed by atoms with van der Waals surface area (Å²) >= 11 is 0. The highest BCUT2D eigenvalue weighted by molar-refractivity contribution is 5.91. The predicted molar refractivity (Wildman–Crippen MR) is 129 cm³/mol. The van der Waals surface area contributed by atoms with E-state index in [0.29, 0.717) is 17.1 Å². The van der Waals surface area contributed by atoms with E-state index in [-0.39, 0.29) is 42.4 Å². The Morgan fingerprint density at radius 3 is 2.47 bits per heavy atom. The molecule has 9 nitrogen and oxygen atoms in total. The fraction of sp³-hybridized carbons (Fsp3) is 0.320. The van der Waals surface area contributed by atoms with Crippen molar-refractivity contribution < 1.29 is 26.9 Å². The van der Waals surface area contributed by atoms with Gasteiger partial charge in [-0.3, -0.25) is 9.48 Å². The largest absolute Gasteiger partial charge is 0.401 e.